The summed E-state index contributed by atoms with van der Waals surface area (Å²) in [5.74, 6) is 0.801. The molecule has 5 atom stereocenters. The van der Waals surface area contributed by atoms with E-state index in [9.17, 15) is 4.79 Å². The Morgan fingerprint density at radius 3 is 2.81 bits per heavy atom. The molecule has 3 aliphatic carbocycles. The average molecular weight is 486 g/mol. The quantitative estimate of drug-likeness (QED) is 0.365. The van der Waals surface area contributed by atoms with Gasteiger partial charge in [0.1, 0.15) is 5.58 Å². The molecule has 2 aromatic carbocycles. The summed E-state index contributed by atoms with van der Waals surface area (Å²) in [6.45, 7) is 6.93. The van der Waals surface area contributed by atoms with Crippen LogP contribution < -0.4 is 11.1 Å². The molecule has 1 aromatic heterocycles. The van der Waals surface area contributed by atoms with Gasteiger partial charge < -0.3 is 24.8 Å². The molecule has 3 saturated carbocycles. The Kier molecular flexibility index (Phi) is 5.69. The van der Waals surface area contributed by atoms with Crippen LogP contribution in [-0.2, 0) is 26.9 Å². The predicted octanol–water partition coefficient (Wildman–Crippen LogP) is 4.94. The van der Waals surface area contributed by atoms with E-state index in [2.05, 4.69) is 32.2 Å². The Morgan fingerprint density at radius 2 is 2.00 bits per heavy atom. The number of nitrogens with one attached hydrogen (secondary N) is 1. The third-order valence-electron chi connectivity index (χ3n) is 9.24. The molecule has 1 aliphatic heterocycles. The highest BCUT2D eigenvalue weighted by molar-refractivity contribution is 6.48. The second-order valence-electron chi connectivity index (χ2n) is 11.7. The molecule has 6 nitrogen and oxygen atoms in total. The lowest BCUT2D eigenvalue weighted by molar-refractivity contribution is -0.199. The van der Waals surface area contributed by atoms with Crippen molar-refractivity contribution < 1.29 is 18.5 Å². The minimum atomic E-state index is -0.500. The highest BCUT2D eigenvalue weighted by atomic mass is 16.7. The number of para-hydroxylation sites is 1. The highest BCUT2D eigenvalue weighted by Gasteiger charge is 2.68. The molecule has 3 N–H and O–H groups in total. The fourth-order valence-electron chi connectivity index (χ4n) is 7.00. The van der Waals surface area contributed by atoms with Gasteiger partial charge in [0, 0.05) is 17.5 Å². The normalized spacial score (nSPS) is 29.0. The summed E-state index contributed by atoms with van der Waals surface area (Å²) in [7, 11) is -0.500. The Morgan fingerprint density at radius 1 is 1.17 bits per heavy atom. The maximum atomic E-state index is 13.2. The fraction of sp³-hybridized carbons (Fsp3) is 0.483. The van der Waals surface area contributed by atoms with Crippen LogP contribution in [0, 0.1) is 17.3 Å². The summed E-state index contributed by atoms with van der Waals surface area (Å²) in [6.07, 6.45) is 5.64. The van der Waals surface area contributed by atoms with Crippen LogP contribution in [0.25, 0.3) is 11.0 Å². The topological polar surface area (TPSA) is 86.7 Å². The van der Waals surface area contributed by atoms with Crippen LogP contribution in [0.3, 0.4) is 0 Å². The number of fused-ring (bicyclic) bond motifs is 1. The smallest absolute Gasteiger partial charge is 0.464 e. The second kappa shape index (κ2) is 8.67. The molecule has 1 saturated heterocycles. The third-order valence-corrected chi connectivity index (χ3v) is 9.24. The standard InChI is InChI=1S/C29H35BN2O4/c1-28(2)20-15-24(28)29(3)25(16-20)35-30(36-29)26(14-19-17-34-23-10-5-4-9-22(19)23)32-27(33)12-11-18-7-6-8-21(31)13-18/h4-10,13,17,20,24-26H,11-12,14-16,31H2,1-3H3,(H,32,33)/t20-,24?,25?,26?,29-/m0/s1. The molecule has 4 aliphatic rings. The number of nitrogen functional groups attached to an aromatic ring is 1. The van der Waals surface area contributed by atoms with Crippen LogP contribution >= 0.6 is 0 Å². The van der Waals surface area contributed by atoms with Gasteiger partial charge in [0.05, 0.1) is 23.9 Å². The number of aryl methyl sites for hydroxylation is 1. The second-order valence-corrected chi connectivity index (χ2v) is 11.7. The summed E-state index contributed by atoms with van der Waals surface area (Å²) in [5, 5.41) is 4.32. The number of anilines is 1. The van der Waals surface area contributed by atoms with Crippen molar-refractivity contribution in [2.45, 2.75) is 70.5 Å². The van der Waals surface area contributed by atoms with Crippen molar-refractivity contribution in [3.63, 3.8) is 0 Å². The molecule has 7 heteroatoms. The van der Waals surface area contributed by atoms with Crippen LogP contribution in [-0.4, -0.2) is 30.7 Å². The fourth-order valence-corrected chi connectivity index (χ4v) is 7.00. The number of hydrogen-bond donors (Lipinski definition) is 2. The van der Waals surface area contributed by atoms with E-state index in [1.807, 2.05) is 42.5 Å². The van der Waals surface area contributed by atoms with E-state index in [0.717, 1.165) is 28.5 Å². The molecule has 188 valence electrons. The average Bonchev–Trinajstić information content (AvgIpc) is 3.42. The summed E-state index contributed by atoms with van der Waals surface area (Å²) in [4.78, 5) is 13.2. The van der Waals surface area contributed by atoms with Gasteiger partial charge in [0.2, 0.25) is 5.91 Å². The number of benzene rings is 2. The minimum absolute atomic E-state index is 0.0212. The number of rotatable bonds is 7. The van der Waals surface area contributed by atoms with E-state index >= 15 is 0 Å². The van der Waals surface area contributed by atoms with E-state index in [0.29, 0.717) is 36.8 Å². The lowest BCUT2D eigenvalue weighted by Crippen LogP contribution is -2.65. The number of nitrogens with two attached hydrogens (primary N) is 1. The van der Waals surface area contributed by atoms with Crippen molar-refractivity contribution in [2.75, 3.05) is 5.73 Å². The predicted molar refractivity (Wildman–Crippen MR) is 141 cm³/mol. The number of carbonyl (C=O) groups excluding carboxylic acids is 1. The first-order valence-electron chi connectivity index (χ1n) is 13.2. The lowest BCUT2D eigenvalue weighted by Gasteiger charge is -2.64. The van der Waals surface area contributed by atoms with Crippen LogP contribution in [0.2, 0.25) is 0 Å². The van der Waals surface area contributed by atoms with Crippen LogP contribution in [0.15, 0.2) is 59.2 Å². The maximum absolute atomic E-state index is 13.2. The van der Waals surface area contributed by atoms with Crippen molar-refractivity contribution >= 4 is 29.7 Å². The first-order chi connectivity index (χ1) is 17.2. The number of carbonyl (C=O) groups is 1. The molecule has 2 bridgehead atoms. The third kappa shape index (κ3) is 3.93. The summed E-state index contributed by atoms with van der Waals surface area (Å²) >= 11 is 0. The monoisotopic (exact) mass is 486 g/mol. The van der Waals surface area contributed by atoms with Gasteiger partial charge in [-0.2, -0.15) is 0 Å². The molecule has 4 fully saturated rings. The van der Waals surface area contributed by atoms with Crippen molar-refractivity contribution in [1.29, 1.82) is 0 Å². The molecule has 2 heterocycles. The van der Waals surface area contributed by atoms with E-state index in [1.54, 1.807) is 6.26 Å². The van der Waals surface area contributed by atoms with E-state index in [-0.39, 0.29) is 29.0 Å². The van der Waals surface area contributed by atoms with Gasteiger partial charge in [-0.25, -0.2) is 0 Å². The molecular formula is C29H35BN2O4. The zero-order chi connectivity index (χ0) is 25.1. The maximum Gasteiger partial charge on any atom is 0.482 e. The lowest BCUT2D eigenvalue weighted by atomic mass is 9.43. The summed E-state index contributed by atoms with van der Waals surface area (Å²) < 4.78 is 19.1. The van der Waals surface area contributed by atoms with Crippen molar-refractivity contribution in [3.8, 4) is 0 Å². The van der Waals surface area contributed by atoms with Gasteiger partial charge in [0.25, 0.3) is 0 Å². The van der Waals surface area contributed by atoms with Crippen molar-refractivity contribution in [3.05, 3.63) is 65.9 Å². The molecular weight excluding hydrogens is 451 g/mol. The van der Waals surface area contributed by atoms with Crippen LogP contribution in [0.4, 0.5) is 5.69 Å². The summed E-state index contributed by atoms with van der Waals surface area (Å²) in [5.41, 5.74) is 9.50. The zero-order valence-electron chi connectivity index (χ0n) is 21.3. The molecule has 36 heavy (non-hydrogen) atoms. The zero-order valence-corrected chi connectivity index (χ0v) is 21.3. The van der Waals surface area contributed by atoms with E-state index < -0.39 is 7.12 Å². The van der Waals surface area contributed by atoms with Gasteiger partial charge in [-0.3, -0.25) is 4.79 Å². The number of hydrogen-bond acceptors (Lipinski definition) is 5. The van der Waals surface area contributed by atoms with Gasteiger partial charge in [0.15, 0.2) is 0 Å². The molecule has 3 aromatic rings. The van der Waals surface area contributed by atoms with Crippen LogP contribution in [0.1, 0.15) is 51.2 Å². The summed E-state index contributed by atoms with van der Waals surface area (Å²) in [6, 6.07) is 15.7. The first-order valence-corrected chi connectivity index (χ1v) is 13.2. The highest BCUT2D eigenvalue weighted by Crippen LogP contribution is 2.65. The first kappa shape index (κ1) is 23.6. The molecule has 0 spiro atoms. The van der Waals surface area contributed by atoms with Crippen LogP contribution in [0.5, 0.6) is 0 Å². The van der Waals surface area contributed by atoms with Gasteiger partial charge >= 0.3 is 7.12 Å². The number of amides is 1. The Hall–Kier alpha value is -2.77. The van der Waals surface area contributed by atoms with E-state index in [4.69, 9.17) is 19.5 Å². The largest absolute Gasteiger partial charge is 0.482 e. The SMILES string of the molecule is CC1(C)C2C[C@H]1CC1OB(C(Cc3coc4ccccc34)NC(=O)CCc3cccc(N)c3)O[C@]12C. The Bertz CT molecular complexity index is 1290. The van der Waals surface area contributed by atoms with Crippen molar-refractivity contribution in [2.24, 2.45) is 17.3 Å². The van der Waals surface area contributed by atoms with Gasteiger partial charge in [-0.1, -0.05) is 44.2 Å². The Labute approximate surface area is 213 Å². The molecule has 1 amide bonds. The Balaban J connectivity index is 1.22. The molecule has 0 radical (unpaired) electrons. The van der Waals surface area contributed by atoms with Gasteiger partial charge in [-0.05, 0) is 79.2 Å². The minimum Gasteiger partial charge on any atom is -0.464 e. The van der Waals surface area contributed by atoms with E-state index in [1.165, 1.54) is 6.42 Å². The van der Waals surface area contributed by atoms with Gasteiger partial charge in [-0.15, -0.1) is 0 Å². The van der Waals surface area contributed by atoms with Crippen molar-refractivity contribution in [1.82, 2.24) is 5.32 Å². The number of furan rings is 1. The molecule has 7 rings (SSSR count). The molecule has 3 unspecified atom stereocenters.